The minimum atomic E-state index is -0.287. The lowest BCUT2D eigenvalue weighted by Crippen LogP contribution is -2.62. The highest BCUT2D eigenvalue weighted by atomic mass is 16.5. The molecule has 0 aromatic heterocycles. The van der Waals surface area contributed by atoms with Gasteiger partial charge in [-0.1, -0.05) is 6.07 Å². The second-order valence-corrected chi connectivity index (χ2v) is 7.05. The van der Waals surface area contributed by atoms with E-state index in [1.54, 1.807) is 16.8 Å². The van der Waals surface area contributed by atoms with Gasteiger partial charge in [0.2, 0.25) is 11.8 Å². The fourth-order valence-corrected chi connectivity index (χ4v) is 3.36. The molecule has 1 aromatic rings. The molecule has 0 spiro atoms. The van der Waals surface area contributed by atoms with Gasteiger partial charge >= 0.3 is 0 Å². The van der Waals surface area contributed by atoms with E-state index in [4.69, 9.17) is 4.74 Å². The van der Waals surface area contributed by atoms with Crippen LogP contribution in [-0.2, 0) is 14.4 Å². The van der Waals surface area contributed by atoms with Crippen molar-refractivity contribution in [1.82, 2.24) is 15.1 Å². The van der Waals surface area contributed by atoms with Crippen LogP contribution in [-0.4, -0.2) is 66.9 Å². The first-order valence-corrected chi connectivity index (χ1v) is 8.88. The number of hydrogen-bond donors (Lipinski definition) is 1. The van der Waals surface area contributed by atoms with Gasteiger partial charge in [0.15, 0.2) is 6.61 Å². The van der Waals surface area contributed by atoms with E-state index < -0.39 is 0 Å². The van der Waals surface area contributed by atoms with Gasteiger partial charge in [-0.15, -0.1) is 0 Å². The van der Waals surface area contributed by atoms with Crippen LogP contribution in [0.25, 0.3) is 0 Å². The van der Waals surface area contributed by atoms with Crippen LogP contribution in [0.2, 0.25) is 0 Å². The summed E-state index contributed by atoms with van der Waals surface area (Å²) in [6.45, 7) is 5.46. The monoisotopic (exact) mass is 359 g/mol. The number of amides is 3. The van der Waals surface area contributed by atoms with E-state index in [2.05, 4.69) is 5.32 Å². The molecular formula is C19H25N3O4. The van der Waals surface area contributed by atoms with Gasteiger partial charge in [-0.3, -0.25) is 14.4 Å². The molecule has 0 bridgehead atoms. The molecule has 2 heterocycles. The predicted octanol–water partition coefficient (Wildman–Crippen LogP) is 0.488. The van der Waals surface area contributed by atoms with E-state index in [-0.39, 0.29) is 42.7 Å². The van der Waals surface area contributed by atoms with Crippen LogP contribution in [0.15, 0.2) is 18.2 Å². The fourth-order valence-electron chi connectivity index (χ4n) is 3.36. The average Bonchev–Trinajstić information content (AvgIpc) is 2.95. The highest BCUT2D eigenvalue weighted by Crippen LogP contribution is 2.25. The maximum Gasteiger partial charge on any atom is 0.260 e. The van der Waals surface area contributed by atoms with Crippen molar-refractivity contribution in [2.24, 2.45) is 5.92 Å². The first-order chi connectivity index (χ1) is 12.4. The third-order valence-corrected chi connectivity index (χ3v) is 5.27. The van der Waals surface area contributed by atoms with Crippen molar-refractivity contribution in [2.75, 3.05) is 33.3 Å². The molecule has 1 aromatic carbocycles. The summed E-state index contributed by atoms with van der Waals surface area (Å²) in [5.41, 5.74) is 2.30. The van der Waals surface area contributed by atoms with E-state index in [1.807, 2.05) is 32.0 Å². The molecule has 1 atom stereocenters. The Hall–Kier alpha value is -2.57. The Morgan fingerprint density at radius 3 is 2.58 bits per heavy atom. The number of benzene rings is 1. The number of aryl methyl sites for hydroxylation is 2. The van der Waals surface area contributed by atoms with Crippen LogP contribution in [0, 0.1) is 19.8 Å². The lowest BCUT2D eigenvalue weighted by molar-refractivity contribution is -0.145. The third-order valence-electron chi connectivity index (χ3n) is 5.27. The zero-order chi connectivity index (χ0) is 18.8. The van der Waals surface area contributed by atoms with E-state index in [9.17, 15) is 14.4 Å². The molecule has 2 aliphatic rings. The summed E-state index contributed by atoms with van der Waals surface area (Å²) in [5.74, 6) is 0.193. The summed E-state index contributed by atoms with van der Waals surface area (Å²) >= 11 is 0. The second-order valence-electron chi connectivity index (χ2n) is 7.05. The Labute approximate surface area is 153 Å². The molecule has 3 amide bonds. The number of carbonyl (C=O) groups excluding carboxylic acids is 3. The number of carbonyl (C=O) groups is 3. The molecule has 26 heavy (non-hydrogen) atoms. The van der Waals surface area contributed by atoms with Gasteiger partial charge in [0, 0.05) is 33.1 Å². The van der Waals surface area contributed by atoms with Crippen molar-refractivity contribution < 1.29 is 19.1 Å². The molecule has 7 heteroatoms. The minimum absolute atomic E-state index is 0.00252. The molecule has 2 aliphatic heterocycles. The molecule has 140 valence electrons. The van der Waals surface area contributed by atoms with Gasteiger partial charge in [0.05, 0.1) is 12.0 Å². The number of nitrogens with zero attached hydrogens (tertiary/aromatic N) is 2. The SMILES string of the molecule is CNC(=O)C1CC(=O)N(C2CN(C(=O)COc3ccc(C)c(C)c3)C2)C1. The molecule has 2 saturated heterocycles. The third kappa shape index (κ3) is 3.66. The van der Waals surface area contributed by atoms with Gasteiger partial charge in [-0.25, -0.2) is 0 Å². The van der Waals surface area contributed by atoms with Crippen LogP contribution < -0.4 is 10.1 Å². The number of hydrogen-bond acceptors (Lipinski definition) is 4. The van der Waals surface area contributed by atoms with Crippen molar-refractivity contribution in [3.8, 4) is 5.75 Å². The Kier molecular flexibility index (Phi) is 5.15. The van der Waals surface area contributed by atoms with Crippen molar-refractivity contribution in [3.63, 3.8) is 0 Å². The normalized spacial score (nSPS) is 20.1. The summed E-state index contributed by atoms with van der Waals surface area (Å²) in [6.07, 6.45) is 0.250. The first-order valence-electron chi connectivity index (χ1n) is 8.88. The molecule has 0 saturated carbocycles. The van der Waals surface area contributed by atoms with Crippen molar-refractivity contribution in [2.45, 2.75) is 26.3 Å². The molecule has 2 fully saturated rings. The number of nitrogens with one attached hydrogen (secondary N) is 1. The summed E-state index contributed by atoms with van der Waals surface area (Å²) in [7, 11) is 1.58. The van der Waals surface area contributed by atoms with Crippen LogP contribution in [0.5, 0.6) is 5.75 Å². The summed E-state index contributed by atoms with van der Waals surface area (Å²) in [6, 6.07) is 5.75. The number of ether oxygens (including phenoxy) is 1. The topological polar surface area (TPSA) is 79.0 Å². The van der Waals surface area contributed by atoms with Crippen LogP contribution in [0.1, 0.15) is 17.5 Å². The van der Waals surface area contributed by atoms with Crippen molar-refractivity contribution in [3.05, 3.63) is 29.3 Å². The van der Waals surface area contributed by atoms with Crippen LogP contribution in [0.3, 0.4) is 0 Å². The quantitative estimate of drug-likeness (QED) is 0.830. The average molecular weight is 359 g/mol. The molecular weight excluding hydrogens is 334 g/mol. The van der Waals surface area contributed by atoms with Gasteiger partial charge in [0.1, 0.15) is 5.75 Å². The molecule has 1 N–H and O–H groups in total. The lowest BCUT2D eigenvalue weighted by atomic mass is 10.1. The van der Waals surface area contributed by atoms with Crippen molar-refractivity contribution in [1.29, 1.82) is 0 Å². The summed E-state index contributed by atoms with van der Waals surface area (Å²) in [5, 5.41) is 2.59. The van der Waals surface area contributed by atoms with Gasteiger partial charge in [0.25, 0.3) is 5.91 Å². The van der Waals surface area contributed by atoms with E-state index in [0.29, 0.717) is 25.4 Å². The molecule has 3 rings (SSSR count). The maximum absolute atomic E-state index is 12.2. The molecule has 7 nitrogen and oxygen atoms in total. The van der Waals surface area contributed by atoms with Crippen molar-refractivity contribution >= 4 is 17.7 Å². The van der Waals surface area contributed by atoms with Gasteiger partial charge < -0.3 is 19.9 Å². The Bertz CT molecular complexity index is 727. The first kappa shape index (κ1) is 18.2. The number of likely N-dealkylation sites (tertiary alicyclic amines) is 2. The largest absolute Gasteiger partial charge is 0.484 e. The maximum atomic E-state index is 12.2. The van der Waals surface area contributed by atoms with E-state index in [0.717, 1.165) is 5.56 Å². The lowest BCUT2D eigenvalue weighted by Gasteiger charge is -2.43. The zero-order valence-corrected chi connectivity index (χ0v) is 15.4. The zero-order valence-electron chi connectivity index (χ0n) is 15.4. The van der Waals surface area contributed by atoms with E-state index >= 15 is 0 Å². The summed E-state index contributed by atoms with van der Waals surface area (Å²) < 4.78 is 5.58. The Morgan fingerprint density at radius 2 is 1.92 bits per heavy atom. The van der Waals surface area contributed by atoms with E-state index in [1.165, 1.54) is 5.56 Å². The predicted molar refractivity (Wildman–Crippen MR) is 95.7 cm³/mol. The van der Waals surface area contributed by atoms with Crippen LogP contribution >= 0.6 is 0 Å². The molecule has 1 unspecified atom stereocenters. The smallest absolute Gasteiger partial charge is 0.260 e. The molecule has 0 radical (unpaired) electrons. The Morgan fingerprint density at radius 1 is 1.19 bits per heavy atom. The number of rotatable bonds is 5. The standard InChI is InChI=1S/C19H25N3O4/c1-12-4-5-16(6-13(12)2)26-11-18(24)21-9-15(10-21)22-8-14(7-17(22)23)19(25)20-3/h4-6,14-15H,7-11H2,1-3H3,(H,20,25). The fraction of sp³-hybridized carbons (Fsp3) is 0.526. The molecule has 0 aliphatic carbocycles. The highest BCUT2D eigenvalue weighted by molar-refractivity contribution is 5.89. The summed E-state index contributed by atoms with van der Waals surface area (Å²) in [4.78, 5) is 39.5. The van der Waals surface area contributed by atoms with Gasteiger partial charge in [-0.2, -0.15) is 0 Å². The second kappa shape index (κ2) is 7.35. The Balaban J connectivity index is 1.45. The minimum Gasteiger partial charge on any atom is -0.484 e. The highest BCUT2D eigenvalue weighted by Gasteiger charge is 2.43. The van der Waals surface area contributed by atoms with Crippen LogP contribution in [0.4, 0.5) is 0 Å². The van der Waals surface area contributed by atoms with Gasteiger partial charge in [-0.05, 0) is 37.1 Å².